The molecule has 1 aliphatic heterocycles. The number of nitro groups is 1. The molecule has 5 nitrogen and oxygen atoms in total. The van der Waals surface area contributed by atoms with Crippen molar-refractivity contribution in [1.82, 2.24) is 5.32 Å². The molecule has 20 heavy (non-hydrogen) atoms. The Morgan fingerprint density at radius 2 is 2.00 bits per heavy atom. The van der Waals surface area contributed by atoms with Crippen LogP contribution in [-0.2, 0) is 11.3 Å². The van der Waals surface area contributed by atoms with Gasteiger partial charge in [-0.1, -0.05) is 0 Å². The molecule has 0 spiro atoms. The van der Waals surface area contributed by atoms with Crippen molar-refractivity contribution in [2.24, 2.45) is 5.92 Å². The lowest BCUT2D eigenvalue weighted by Crippen LogP contribution is -2.27. The van der Waals surface area contributed by atoms with Gasteiger partial charge in [0.1, 0.15) is 5.82 Å². The molecule has 1 aliphatic rings. The number of benzene rings is 1. The minimum Gasteiger partial charge on any atom is -0.381 e. The number of halogens is 2. The maximum Gasteiger partial charge on any atom is 0.305 e. The molecule has 0 radical (unpaired) electrons. The number of hydrogen-bond donors (Lipinski definition) is 1. The van der Waals surface area contributed by atoms with Crippen molar-refractivity contribution in [2.45, 2.75) is 19.4 Å². The Hall–Kier alpha value is -1.60. The standard InChI is InChI=1S/C13H16F2N2O3/c14-11-6-12(15)13(17(18)19)5-10(11)8-16-7-9-1-3-20-4-2-9/h5-6,9,16H,1-4,7-8H2. The molecule has 110 valence electrons. The zero-order valence-electron chi connectivity index (χ0n) is 10.9. The largest absolute Gasteiger partial charge is 0.381 e. The Balaban J connectivity index is 1.94. The molecule has 0 aromatic heterocycles. The highest BCUT2D eigenvalue weighted by atomic mass is 19.1. The van der Waals surface area contributed by atoms with Crippen LogP contribution in [0.15, 0.2) is 12.1 Å². The van der Waals surface area contributed by atoms with E-state index in [-0.39, 0.29) is 12.1 Å². The molecule has 0 amide bonds. The van der Waals surface area contributed by atoms with E-state index in [1.807, 2.05) is 0 Å². The average molecular weight is 286 g/mol. The first-order valence-electron chi connectivity index (χ1n) is 6.48. The van der Waals surface area contributed by atoms with Crippen molar-refractivity contribution in [1.29, 1.82) is 0 Å². The second-order valence-corrected chi connectivity index (χ2v) is 4.84. The van der Waals surface area contributed by atoms with Crippen molar-refractivity contribution in [3.63, 3.8) is 0 Å². The molecule has 0 bridgehead atoms. The molecule has 1 saturated heterocycles. The highest BCUT2D eigenvalue weighted by Gasteiger charge is 2.19. The van der Waals surface area contributed by atoms with Gasteiger partial charge in [-0.05, 0) is 25.3 Å². The van der Waals surface area contributed by atoms with Crippen LogP contribution in [0.25, 0.3) is 0 Å². The van der Waals surface area contributed by atoms with Crippen molar-refractivity contribution >= 4 is 5.69 Å². The molecule has 1 aromatic carbocycles. The number of nitro benzene ring substituents is 1. The zero-order chi connectivity index (χ0) is 14.5. The van der Waals surface area contributed by atoms with Gasteiger partial charge >= 0.3 is 5.69 Å². The minimum absolute atomic E-state index is 0.102. The van der Waals surface area contributed by atoms with Gasteiger partial charge in [0, 0.05) is 37.5 Å². The third-order valence-electron chi connectivity index (χ3n) is 3.40. The Morgan fingerprint density at radius 1 is 1.30 bits per heavy atom. The predicted octanol–water partition coefficient (Wildman–Crippen LogP) is 2.39. The molecule has 0 aliphatic carbocycles. The molecule has 0 saturated carbocycles. The number of nitrogens with one attached hydrogen (secondary N) is 1. The second kappa shape index (κ2) is 6.71. The summed E-state index contributed by atoms with van der Waals surface area (Å²) in [6.07, 6.45) is 1.89. The highest BCUT2D eigenvalue weighted by Crippen LogP contribution is 2.21. The van der Waals surface area contributed by atoms with Gasteiger partial charge in [-0.3, -0.25) is 10.1 Å². The maximum atomic E-state index is 13.5. The van der Waals surface area contributed by atoms with Crippen LogP contribution in [0.2, 0.25) is 0 Å². The predicted molar refractivity (Wildman–Crippen MR) is 68.3 cm³/mol. The molecule has 1 aromatic rings. The molecule has 2 rings (SSSR count). The lowest BCUT2D eigenvalue weighted by Gasteiger charge is -2.22. The number of hydrogen-bond acceptors (Lipinski definition) is 4. The van der Waals surface area contributed by atoms with Crippen LogP contribution in [0.1, 0.15) is 18.4 Å². The van der Waals surface area contributed by atoms with Crippen molar-refractivity contribution < 1.29 is 18.4 Å². The number of ether oxygens (including phenoxy) is 1. The van der Waals surface area contributed by atoms with E-state index in [2.05, 4.69) is 5.32 Å². The van der Waals surface area contributed by atoms with Gasteiger partial charge in [0.2, 0.25) is 5.82 Å². The summed E-state index contributed by atoms with van der Waals surface area (Å²) in [5.74, 6) is -1.46. The van der Waals surface area contributed by atoms with Crippen LogP contribution in [-0.4, -0.2) is 24.7 Å². The van der Waals surface area contributed by atoms with Crippen LogP contribution >= 0.6 is 0 Å². The minimum atomic E-state index is -1.15. The van der Waals surface area contributed by atoms with Gasteiger partial charge < -0.3 is 10.1 Å². The fourth-order valence-electron chi connectivity index (χ4n) is 2.22. The summed E-state index contributed by atoms with van der Waals surface area (Å²) < 4.78 is 31.9. The molecule has 0 unspecified atom stereocenters. The molecular weight excluding hydrogens is 270 g/mol. The van der Waals surface area contributed by atoms with Crippen LogP contribution in [0.3, 0.4) is 0 Å². The van der Waals surface area contributed by atoms with Crippen LogP contribution in [0.4, 0.5) is 14.5 Å². The van der Waals surface area contributed by atoms with Gasteiger partial charge in [0.25, 0.3) is 0 Å². The van der Waals surface area contributed by atoms with Crippen LogP contribution in [0, 0.1) is 27.7 Å². The summed E-state index contributed by atoms with van der Waals surface area (Å²) in [4.78, 5) is 9.76. The maximum absolute atomic E-state index is 13.5. The Morgan fingerprint density at radius 3 is 2.65 bits per heavy atom. The third kappa shape index (κ3) is 3.71. The molecule has 1 heterocycles. The fourth-order valence-corrected chi connectivity index (χ4v) is 2.22. The van der Waals surface area contributed by atoms with Gasteiger partial charge in [0.15, 0.2) is 0 Å². The van der Waals surface area contributed by atoms with E-state index in [0.29, 0.717) is 18.5 Å². The number of nitrogens with zero attached hydrogens (tertiary/aromatic N) is 1. The topological polar surface area (TPSA) is 64.4 Å². The van der Waals surface area contributed by atoms with Crippen LogP contribution < -0.4 is 5.32 Å². The highest BCUT2D eigenvalue weighted by molar-refractivity contribution is 5.37. The Bertz CT molecular complexity index is 491. The summed E-state index contributed by atoms with van der Waals surface area (Å²) in [7, 11) is 0. The Labute approximate surface area is 115 Å². The smallest absolute Gasteiger partial charge is 0.305 e. The van der Waals surface area contributed by atoms with Gasteiger partial charge in [-0.15, -0.1) is 0 Å². The molecule has 1 fully saturated rings. The SMILES string of the molecule is O=[N+]([O-])c1cc(CNCC2CCOCC2)c(F)cc1F. The quantitative estimate of drug-likeness (QED) is 0.667. The average Bonchev–Trinajstić information content (AvgIpc) is 2.42. The number of rotatable bonds is 5. The van der Waals surface area contributed by atoms with Crippen molar-refractivity contribution in [3.8, 4) is 0 Å². The summed E-state index contributed by atoms with van der Waals surface area (Å²) in [5, 5.41) is 13.7. The lowest BCUT2D eigenvalue weighted by molar-refractivity contribution is -0.387. The van der Waals surface area contributed by atoms with E-state index in [9.17, 15) is 18.9 Å². The lowest BCUT2D eigenvalue weighted by atomic mass is 10.0. The summed E-state index contributed by atoms with van der Waals surface area (Å²) in [6.45, 7) is 2.28. The van der Waals surface area contributed by atoms with Crippen molar-refractivity contribution in [3.05, 3.63) is 39.4 Å². The molecule has 0 atom stereocenters. The van der Waals surface area contributed by atoms with E-state index in [1.165, 1.54) is 0 Å². The molecule has 7 heteroatoms. The monoisotopic (exact) mass is 286 g/mol. The zero-order valence-corrected chi connectivity index (χ0v) is 10.9. The first kappa shape index (κ1) is 14.8. The fraction of sp³-hybridized carbons (Fsp3) is 0.538. The second-order valence-electron chi connectivity index (χ2n) is 4.84. The summed E-state index contributed by atoms with van der Waals surface area (Å²) in [5.41, 5.74) is -0.598. The van der Waals surface area contributed by atoms with E-state index in [1.54, 1.807) is 0 Å². The third-order valence-corrected chi connectivity index (χ3v) is 3.40. The van der Waals surface area contributed by atoms with Crippen molar-refractivity contribution in [2.75, 3.05) is 19.8 Å². The molecular formula is C13H16F2N2O3. The van der Waals surface area contributed by atoms with Crippen LogP contribution in [0.5, 0.6) is 0 Å². The summed E-state index contributed by atoms with van der Waals surface area (Å²) in [6, 6.07) is 1.51. The van der Waals surface area contributed by atoms with Gasteiger partial charge in [-0.25, -0.2) is 4.39 Å². The van der Waals surface area contributed by atoms with E-state index in [4.69, 9.17) is 4.74 Å². The van der Waals surface area contributed by atoms with E-state index >= 15 is 0 Å². The van der Waals surface area contributed by atoms with Gasteiger partial charge in [-0.2, -0.15) is 4.39 Å². The van der Waals surface area contributed by atoms with E-state index < -0.39 is 22.2 Å². The Kier molecular flexibility index (Phi) is 4.97. The normalized spacial score (nSPS) is 16.3. The van der Waals surface area contributed by atoms with Gasteiger partial charge in [0.05, 0.1) is 4.92 Å². The first-order valence-corrected chi connectivity index (χ1v) is 6.48. The van der Waals surface area contributed by atoms with E-state index in [0.717, 1.165) is 32.1 Å². The molecule has 1 N–H and O–H groups in total. The summed E-state index contributed by atoms with van der Waals surface area (Å²) >= 11 is 0. The first-order chi connectivity index (χ1) is 9.58.